The SMILES string of the molecule is CC(N)(CCCOc1ccc([N+](=O)[O-])cc1Cl)C(=O)O. The van der Waals surface area contributed by atoms with Crippen molar-refractivity contribution < 1.29 is 19.6 Å². The number of hydrogen-bond acceptors (Lipinski definition) is 5. The van der Waals surface area contributed by atoms with E-state index in [0.717, 1.165) is 0 Å². The highest BCUT2D eigenvalue weighted by molar-refractivity contribution is 6.32. The van der Waals surface area contributed by atoms with E-state index >= 15 is 0 Å². The third kappa shape index (κ3) is 4.36. The van der Waals surface area contributed by atoms with Crippen LogP contribution in [0.15, 0.2) is 18.2 Å². The van der Waals surface area contributed by atoms with Gasteiger partial charge in [-0.3, -0.25) is 14.9 Å². The normalized spacial score (nSPS) is 13.6. The summed E-state index contributed by atoms with van der Waals surface area (Å²) in [5, 5.41) is 19.5. The molecule has 3 N–H and O–H groups in total. The zero-order chi connectivity index (χ0) is 15.3. The second kappa shape index (κ2) is 6.53. The summed E-state index contributed by atoms with van der Waals surface area (Å²) in [6, 6.07) is 3.88. The molecule has 0 spiro atoms. The molecule has 1 aromatic rings. The molecule has 1 rings (SSSR count). The minimum absolute atomic E-state index is 0.122. The molecular formula is C12H15ClN2O5. The third-order valence-corrected chi connectivity index (χ3v) is 3.01. The van der Waals surface area contributed by atoms with E-state index in [9.17, 15) is 14.9 Å². The number of rotatable bonds is 7. The Morgan fingerprint density at radius 3 is 2.75 bits per heavy atom. The maximum atomic E-state index is 10.8. The molecule has 110 valence electrons. The van der Waals surface area contributed by atoms with Crippen LogP contribution in [0.4, 0.5) is 5.69 Å². The molecule has 0 radical (unpaired) electrons. The molecule has 0 saturated carbocycles. The van der Waals surface area contributed by atoms with Gasteiger partial charge in [0.25, 0.3) is 5.69 Å². The van der Waals surface area contributed by atoms with Gasteiger partial charge in [-0.25, -0.2) is 0 Å². The van der Waals surface area contributed by atoms with Crippen molar-refractivity contribution in [2.75, 3.05) is 6.61 Å². The van der Waals surface area contributed by atoms with Crippen molar-refractivity contribution in [3.8, 4) is 5.75 Å². The molecule has 0 aliphatic rings. The Kier molecular flexibility index (Phi) is 5.29. The lowest BCUT2D eigenvalue weighted by molar-refractivity contribution is -0.384. The van der Waals surface area contributed by atoms with Crippen molar-refractivity contribution in [3.63, 3.8) is 0 Å². The first kappa shape index (κ1) is 16.2. The number of nitro benzene ring substituents is 1. The van der Waals surface area contributed by atoms with Crippen molar-refractivity contribution in [3.05, 3.63) is 33.3 Å². The van der Waals surface area contributed by atoms with Gasteiger partial charge in [-0.1, -0.05) is 11.6 Å². The largest absolute Gasteiger partial charge is 0.492 e. The van der Waals surface area contributed by atoms with Crippen LogP contribution in [0.25, 0.3) is 0 Å². The molecule has 0 aromatic heterocycles. The molecule has 8 heteroatoms. The van der Waals surface area contributed by atoms with Crippen molar-refractivity contribution in [2.45, 2.75) is 25.3 Å². The van der Waals surface area contributed by atoms with Crippen LogP contribution in [-0.4, -0.2) is 28.1 Å². The Hall–Kier alpha value is -1.86. The number of nitrogens with two attached hydrogens (primary N) is 1. The molecule has 1 atom stereocenters. The lowest BCUT2D eigenvalue weighted by Gasteiger charge is -2.18. The highest BCUT2D eigenvalue weighted by Crippen LogP contribution is 2.28. The minimum atomic E-state index is -1.30. The van der Waals surface area contributed by atoms with E-state index < -0.39 is 16.4 Å². The number of halogens is 1. The van der Waals surface area contributed by atoms with Crippen LogP contribution < -0.4 is 10.5 Å². The van der Waals surface area contributed by atoms with Gasteiger partial charge in [0, 0.05) is 12.1 Å². The van der Waals surface area contributed by atoms with Crippen LogP contribution in [0.5, 0.6) is 5.75 Å². The van der Waals surface area contributed by atoms with Crippen LogP contribution in [0.1, 0.15) is 19.8 Å². The quantitative estimate of drug-likeness (QED) is 0.453. The van der Waals surface area contributed by atoms with Crippen LogP contribution in [0.2, 0.25) is 5.02 Å². The smallest absolute Gasteiger partial charge is 0.323 e. The fourth-order valence-corrected chi connectivity index (χ4v) is 1.68. The lowest BCUT2D eigenvalue weighted by Crippen LogP contribution is -2.44. The molecule has 0 heterocycles. The summed E-state index contributed by atoms with van der Waals surface area (Å²) in [4.78, 5) is 20.8. The highest BCUT2D eigenvalue weighted by Gasteiger charge is 2.27. The molecule has 20 heavy (non-hydrogen) atoms. The minimum Gasteiger partial charge on any atom is -0.492 e. The number of aliphatic carboxylic acids is 1. The molecule has 1 aromatic carbocycles. The molecule has 0 saturated heterocycles. The number of ether oxygens (including phenoxy) is 1. The van der Waals surface area contributed by atoms with Crippen molar-refractivity contribution in [1.29, 1.82) is 0 Å². The Morgan fingerprint density at radius 1 is 1.60 bits per heavy atom. The summed E-state index contributed by atoms with van der Waals surface area (Å²) in [5.41, 5.74) is 4.14. The number of benzene rings is 1. The summed E-state index contributed by atoms with van der Waals surface area (Å²) >= 11 is 5.84. The van der Waals surface area contributed by atoms with Crippen LogP contribution >= 0.6 is 11.6 Å². The monoisotopic (exact) mass is 302 g/mol. The zero-order valence-corrected chi connectivity index (χ0v) is 11.6. The Bertz CT molecular complexity index is 519. The zero-order valence-electron chi connectivity index (χ0n) is 10.8. The van der Waals surface area contributed by atoms with E-state index in [2.05, 4.69) is 0 Å². The van der Waals surface area contributed by atoms with Crippen molar-refractivity contribution in [1.82, 2.24) is 0 Å². The van der Waals surface area contributed by atoms with Gasteiger partial charge in [-0.15, -0.1) is 0 Å². The number of carbonyl (C=O) groups is 1. The Labute approximate surface area is 120 Å². The third-order valence-electron chi connectivity index (χ3n) is 2.71. The first-order valence-electron chi connectivity index (χ1n) is 5.83. The summed E-state index contributed by atoms with van der Waals surface area (Å²) < 4.78 is 5.34. The summed E-state index contributed by atoms with van der Waals surface area (Å²) in [7, 11) is 0. The summed E-state index contributed by atoms with van der Waals surface area (Å²) in [6.45, 7) is 1.64. The Morgan fingerprint density at radius 2 is 2.25 bits per heavy atom. The summed E-state index contributed by atoms with van der Waals surface area (Å²) in [6.07, 6.45) is 0.666. The fraction of sp³-hybridized carbons (Fsp3) is 0.417. The number of nitrogens with zero attached hydrogens (tertiary/aromatic N) is 1. The lowest BCUT2D eigenvalue weighted by atomic mass is 9.98. The van der Waals surface area contributed by atoms with Crippen LogP contribution in [0.3, 0.4) is 0 Å². The van der Waals surface area contributed by atoms with Crippen LogP contribution in [0, 0.1) is 10.1 Å². The van der Waals surface area contributed by atoms with Gasteiger partial charge in [0.1, 0.15) is 11.3 Å². The predicted molar refractivity (Wildman–Crippen MR) is 73.1 cm³/mol. The van der Waals surface area contributed by atoms with E-state index in [4.69, 9.17) is 27.2 Å². The maximum Gasteiger partial charge on any atom is 0.323 e. The van der Waals surface area contributed by atoms with Crippen molar-refractivity contribution >= 4 is 23.3 Å². The molecule has 7 nitrogen and oxygen atoms in total. The van der Waals surface area contributed by atoms with Crippen LogP contribution in [-0.2, 0) is 4.79 Å². The van der Waals surface area contributed by atoms with Crippen molar-refractivity contribution in [2.24, 2.45) is 5.73 Å². The number of nitro groups is 1. The number of carboxylic acids is 1. The molecular weight excluding hydrogens is 288 g/mol. The maximum absolute atomic E-state index is 10.8. The van der Waals surface area contributed by atoms with E-state index in [1.165, 1.54) is 25.1 Å². The molecule has 0 amide bonds. The summed E-state index contributed by atoms with van der Waals surface area (Å²) in [5.74, 6) is -0.766. The number of non-ortho nitro benzene ring substituents is 1. The average molecular weight is 303 g/mol. The molecule has 0 aliphatic carbocycles. The van der Waals surface area contributed by atoms with Gasteiger partial charge >= 0.3 is 5.97 Å². The van der Waals surface area contributed by atoms with Gasteiger partial charge in [0.15, 0.2) is 0 Å². The van der Waals surface area contributed by atoms with Gasteiger partial charge in [-0.2, -0.15) is 0 Å². The highest BCUT2D eigenvalue weighted by atomic mass is 35.5. The second-order valence-corrected chi connectivity index (χ2v) is 4.95. The van der Waals surface area contributed by atoms with Gasteiger partial charge < -0.3 is 15.6 Å². The van der Waals surface area contributed by atoms with E-state index in [0.29, 0.717) is 12.2 Å². The van der Waals surface area contributed by atoms with E-state index in [-0.39, 0.29) is 23.7 Å². The molecule has 0 aliphatic heterocycles. The van der Waals surface area contributed by atoms with Gasteiger partial charge in [0.05, 0.1) is 16.6 Å². The van der Waals surface area contributed by atoms with Gasteiger partial charge in [0.2, 0.25) is 0 Å². The molecule has 1 unspecified atom stereocenters. The fourth-order valence-electron chi connectivity index (χ4n) is 1.45. The molecule has 0 fully saturated rings. The standard InChI is InChI=1S/C12H15ClN2O5/c1-12(14,11(16)17)5-2-6-20-10-4-3-8(15(18)19)7-9(10)13/h3-4,7H,2,5-6,14H2,1H3,(H,16,17). The van der Waals surface area contributed by atoms with Gasteiger partial charge in [-0.05, 0) is 25.8 Å². The molecule has 0 bridgehead atoms. The topological polar surface area (TPSA) is 116 Å². The first-order chi connectivity index (χ1) is 9.24. The van der Waals surface area contributed by atoms with E-state index in [1.54, 1.807) is 0 Å². The second-order valence-electron chi connectivity index (χ2n) is 4.55. The first-order valence-corrected chi connectivity index (χ1v) is 6.21. The van der Waals surface area contributed by atoms with E-state index in [1.807, 2.05) is 0 Å². The number of hydrogen-bond donors (Lipinski definition) is 2. The Balaban J connectivity index is 2.51. The number of carboxylic acid groups (broad SMARTS) is 1. The predicted octanol–water partition coefficient (Wildman–Crippen LogP) is 2.21. The average Bonchev–Trinajstić information content (AvgIpc) is 2.35.